The highest BCUT2D eigenvalue weighted by Crippen LogP contribution is 2.36. The monoisotopic (exact) mass is 386 g/mol. The van der Waals surface area contributed by atoms with Crippen molar-refractivity contribution in [2.24, 2.45) is 0 Å². The first-order valence-electron chi connectivity index (χ1n) is 11.2. The minimum Gasteiger partial charge on any atom is -0.365 e. The molecule has 2 aliphatic heterocycles. The molecule has 1 aliphatic carbocycles. The standard InChI is InChI=1S/C26H30N2O/c29-22-15-16-25(27-17-7-5-11-20-9-1-3-13-23(20)27)26(19-22)28-18-8-6-12-21-10-2-4-14-24(21)28/h1-4,9-10,13-16,25-26H,5-8,11-12,17-19H2. The van der Waals surface area contributed by atoms with Crippen LogP contribution in [0.15, 0.2) is 60.7 Å². The van der Waals surface area contributed by atoms with Gasteiger partial charge in [-0.15, -0.1) is 0 Å². The minimum atomic E-state index is 0.193. The number of allylic oxidation sites excluding steroid dienone is 1. The number of rotatable bonds is 2. The molecule has 3 aliphatic rings. The molecule has 2 aromatic rings. The quantitative estimate of drug-likeness (QED) is 0.730. The smallest absolute Gasteiger partial charge is 0.157 e. The molecule has 29 heavy (non-hydrogen) atoms. The zero-order valence-corrected chi connectivity index (χ0v) is 17.1. The van der Waals surface area contributed by atoms with Gasteiger partial charge in [0, 0.05) is 30.9 Å². The highest BCUT2D eigenvalue weighted by Gasteiger charge is 2.36. The molecule has 0 aromatic heterocycles. The number of hydrogen-bond acceptors (Lipinski definition) is 3. The number of anilines is 2. The van der Waals surface area contributed by atoms with Crippen molar-refractivity contribution in [1.82, 2.24) is 0 Å². The van der Waals surface area contributed by atoms with E-state index in [9.17, 15) is 4.79 Å². The van der Waals surface area contributed by atoms with E-state index >= 15 is 0 Å². The van der Waals surface area contributed by atoms with E-state index in [0.29, 0.717) is 6.42 Å². The first kappa shape index (κ1) is 18.5. The number of ketones is 1. The number of hydrogen-bond donors (Lipinski definition) is 0. The molecule has 5 rings (SSSR count). The SMILES string of the molecule is O=C1C=CC(N2CCCCc3ccccc32)C(N2CCCCc3ccccc32)C1. The Labute approximate surface area is 174 Å². The van der Waals surface area contributed by atoms with Gasteiger partial charge in [-0.2, -0.15) is 0 Å². The van der Waals surface area contributed by atoms with Crippen molar-refractivity contribution >= 4 is 17.2 Å². The van der Waals surface area contributed by atoms with E-state index in [1.165, 1.54) is 48.2 Å². The van der Waals surface area contributed by atoms with Crippen molar-refractivity contribution in [3.05, 3.63) is 71.8 Å². The van der Waals surface area contributed by atoms with Gasteiger partial charge in [-0.05, 0) is 67.9 Å². The van der Waals surface area contributed by atoms with Crippen LogP contribution in [-0.4, -0.2) is 31.0 Å². The van der Waals surface area contributed by atoms with E-state index in [4.69, 9.17) is 0 Å². The predicted molar refractivity (Wildman–Crippen MR) is 120 cm³/mol. The summed E-state index contributed by atoms with van der Waals surface area (Å²) in [7, 11) is 0. The second-order valence-corrected chi connectivity index (χ2v) is 8.65. The number of fused-ring (bicyclic) bond motifs is 2. The molecule has 0 radical (unpaired) electrons. The summed E-state index contributed by atoms with van der Waals surface area (Å²) in [5, 5.41) is 0. The summed E-state index contributed by atoms with van der Waals surface area (Å²) >= 11 is 0. The maximum Gasteiger partial charge on any atom is 0.157 e. The zero-order chi connectivity index (χ0) is 19.6. The van der Waals surface area contributed by atoms with Gasteiger partial charge in [0.1, 0.15) is 0 Å². The summed E-state index contributed by atoms with van der Waals surface area (Å²) in [5.41, 5.74) is 5.58. The summed E-state index contributed by atoms with van der Waals surface area (Å²) in [6, 6.07) is 18.1. The second-order valence-electron chi connectivity index (χ2n) is 8.65. The van der Waals surface area contributed by atoms with Crippen LogP contribution in [0, 0.1) is 0 Å². The summed E-state index contributed by atoms with van der Waals surface area (Å²) < 4.78 is 0. The average Bonchev–Trinajstić information content (AvgIpc) is 3.10. The van der Waals surface area contributed by atoms with Gasteiger partial charge >= 0.3 is 0 Å². The Morgan fingerprint density at radius 3 is 2.00 bits per heavy atom. The molecule has 2 atom stereocenters. The third kappa shape index (κ3) is 3.59. The Kier molecular flexibility index (Phi) is 5.13. The van der Waals surface area contributed by atoms with Crippen molar-refractivity contribution in [2.45, 2.75) is 57.0 Å². The van der Waals surface area contributed by atoms with Gasteiger partial charge in [0.2, 0.25) is 0 Å². The van der Waals surface area contributed by atoms with E-state index < -0.39 is 0 Å². The highest BCUT2D eigenvalue weighted by molar-refractivity contribution is 5.92. The minimum absolute atomic E-state index is 0.193. The van der Waals surface area contributed by atoms with Gasteiger partial charge in [-0.25, -0.2) is 0 Å². The predicted octanol–water partition coefficient (Wildman–Crippen LogP) is 4.94. The molecule has 0 fully saturated rings. The van der Waals surface area contributed by atoms with Crippen LogP contribution in [0.25, 0.3) is 0 Å². The molecule has 2 aromatic carbocycles. The number of carbonyl (C=O) groups is 1. The lowest BCUT2D eigenvalue weighted by atomic mass is 9.91. The Morgan fingerprint density at radius 1 is 0.724 bits per heavy atom. The van der Waals surface area contributed by atoms with Crippen LogP contribution >= 0.6 is 0 Å². The lowest BCUT2D eigenvalue weighted by Gasteiger charge is -2.44. The van der Waals surface area contributed by atoms with Crippen LogP contribution < -0.4 is 9.80 Å². The fourth-order valence-electron chi connectivity index (χ4n) is 5.43. The van der Waals surface area contributed by atoms with Crippen LogP contribution in [0.4, 0.5) is 11.4 Å². The van der Waals surface area contributed by atoms with E-state index in [0.717, 1.165) is 25.9 Å². The number of para-hydroxylation sites is 2. The molecule has 0 saturated carbocycles. The lowest BCUT2D eigenvalue weighted by molar-refractivity contribution is -0.115. The maximum atomic E-state index is 12.5. The van der Waals surface area contributed by atoms with Crippen molar-refractivity contribution in [3.63, 3.8) is 0 Å². The largest absolute Gasteiger partial charge is 0.365 e. The first-order chi connectivity index (χ1) is 14.3. The molecule has 0 spiro atoms. The van der Waals surface area contributed by atoms with Crippen molar-refractivity contribution in [1.29, 1.82) is 0 Å². The lowest BCUT2D eigenvalue weighted by Crippen LogP contribution is -2.54. The summed E-state index contributed by atoms with van der Waals surface area (Å²) in [6.07, 6.45) is 11.8. The molecule has 0 saturated heterocycles. The van der Waals surface area contributed by atoms with E-state index in [2.05, 4.69) is 64.4 Å². The Bertz CT molecular complexity index is 918. The summed E-state index contributed by atoms with van der Waals surface area (Å²) in [6.45, 7) is 2.10. The molecular weight excluding hydrogens is 356 g/mol. The van der Waals surface area contributed by atoms with Gasteiger partial charge in [0.25, 0.3) is 0 Å². The topological polar surface area (TPSA) is 23.6 Å². The van der Waals surface area contributed by atoms with Gasteiger partial charge in [0.15, 0.2) is 5.78 Å². The number of aryl methyl sites for hydroxylation is 2. The molecule has 0 bridgehead atoms. The molecule has 3 nitrogen and oxygen atoms in total. The summed E-state index contributed by atoms with van der Waals surface area (Å²) in [5.74, 6) is 0.260. The number of nitrogens with zero attached hydrogens (tertiary/aromatic N) is 2. The molecular formula is C26H30N2O. The Morgan fingerprint density at radius 2 is 1.31 bits per heavy atom. The van der Waals surface area contributed by atoms with E-state index in [1.807, 2.05) is 6.08 Å². The highest BCUT2D eigenvalue weighted by atomic mass is 16.1. The van der Waals surface area contributed by atoms with Crippen LogP contribution in [0.5, 0.6) is 0 Å². The fourth-order valence-corrected chi connectivity index (χ4v) is 5.43. The fraction of sp³-hybridized carbons (Fsp3) is 0.423. The van der Waals surface area contributed by atoms with Crippen LogP contribution in [-0.2, 0) is 17.6 Å². The van der Waals surface area contributed by atoms with Crippen LogP contribution in [0.3, 0.4) is 0 Å². The van der Waals surface area contributed by atoms with Crippen molar-refractivity contribution < 1.29 is 4.79 Å². The molecule has 2 unspecified atom stereocenters. The Hall–Kier alpha value is -2.55. The summed E-state index contributed by atoms with van der Waals surface area (Å²) in [4.78, 5) is 17.7. The molecule has 3 heteroatoms. The third-order valence-corrected chi connectivity index (χ3v) is 6.84. The number of benzene rings is 2. The zero-order valence-electron chi connectivity index (χ0n) is 17.1. The average molecular weight is 387 g/mol. The van der Waals surface area contributed by atoms with Gasteiger partial charge in [-0.1, -0.05) is 42.5 Å². The van der Waals surface area contributed by atoms with E-state index in [1.54, 1.807) is 0 Å². The normalized spacial score (nSPS) is 24.5. The van der Waals surface area contributed by atoms with Crippen LogP contribution in [0.2, 0.25) is 0 Å². The van der Waals surface area contributed by atoms with Gasteiger partial charge < -0.3 is 9.80 Å². The molecule has 150 valence electrons. The number of carbonyl (C=O) groups excluding carboxylic acids is 1. The van der Waals surface area contributed by atoms with Crippen molar-refractivity contribution in [2.75, 3.05) is 22.9 Å². The van der Waals surface area contributed by atoms with Gasteiger partial charge in [-0.3, -0.25) is 4.79 Å². The molecule has 0 N–H and O–H groups in total. The van der Waals surface area contributed by atoms with Crippen molar-refractivity contribution in [3.8, 4) is 0 Å². The Balaban J connectivity index is 1.56. The van der Waals surface area contributed by atoms with Gasteiger partial charge in [0.05, 0.1) is 12.1 Å². The second kappa shape index (κ2) is 8.06. The molecule has 2 heterocycles. The van der Waals surface area contributed by atoms with E-state index in [-0.39, 0.29) is 17.9 Å². The first-order valence-corrected chi connectivity index (χ1v) is 11.2. The third-order valence-electron chi connectivity index (χ3n) is 6.84. The molecule has 0 amide bonds. The maximum absolute atomic E-state index is 12.5. The van der Waals surface area contributed by atoms with Crippen LogP contribution in [0.1, 0.15) is 43.2 Å².